The van der Waals surface area contributed by atoms with Crippen LogP contribution in [0.1, 0.15) is 36.7 Å². The topological polar surface area (TPSA) is 88.6 Å². The van der Waals surface area contributed by atoms with E-state index in [2.05, 4.69) is 20.8 Å². The smallest absolute Gasteiger partial charge is 0.241 e. The molecule has 2 fully saturated rings. The molecule has 2 unspecified atom stereocenters. The monoisotopic (exact) mass is 397 g/mol. The highest BCUT2D eigenvalue weighted by Gasteiger charge is 2.32. The Labute approximate surface area is 170 Å². The zero-order valence-electron chi connectivity index (χ0n) is 16.9. The number of hydrogen-bond donors (Lipinski definition) is 2. The maximum absolute atomic E-state index is 12.8. The highest BCUT2D eigenvalue weighted by Crippen LogP contribution is 2.28. The summed E-state index contributed by atoms with van der Waals surface area (Å²) >= 11 is 0. The summed E-state index contributed by atoms with van der Waals surface area (Å²) in [4.78, 5) is 24.0. The molecule has 3 heterocycles. The third-order valence-electron chi connectivity index (χ3n) is 5.36. The van der Waals surface area contributed by atoms with Crippen LogP contribution in [-0.4, -0.2) is 53.6 Å². The predicted molar refractivity (Wildman–Crippen MR) is 108 cm³/mol. The second kappa shape index (κ2) is 8.75. The molecule has 0 aliphatic carbocycles. The fraction of sp³-hybridized carbons (Fsp3) is 0.476. The van der Waals surface area contributed by atoms with Crippen molar-refractivity contribution in [2.75, 3.05) is 26.7 Å². The van der Waals surface area contributed by atoms with Gasteiger partial charge in [0.25, 0.3) is 0 Å². The fourth-order valence-electron chi connectivity index (χ4n) is 3.84. The number of benzene rings is 1. The molecule has 2 aliphatic heterocycles. The molecule has 2 N–H and O–H groups in total. The van der Waals surface area contributed by atoms with Crippen molar-refractivity contribution in [3.05, 3.63) is 41.9 Å². The van der Waals surface area contributed by atoms with Gasteiger partial charge in [-0.25, -0.2) is 10.4 Å². The first-order valence-electron chi connectivity index (χ1n) is 10.1. The van der Waals surface area contributed by atoms with E-state index in [1.165, 1.54) is 0 Å². The van der Waals surface area contributed by atoms with E-state index in [1.54, 1.807) is 7.11 Å². The molecule has 8 heteroatoms. The van der Waals surface area contributed by atoms with Gasteiger partial charge in [-0.1, -0.05) is 0 Å². The zero-order valence-corrected chi connectivity index (χ0v) is 16.9. The summed E-state index contributed by atoms with van der Waals surface area (Å²) in [5.41, 5.74) is 6.95. The molecule has 154 valence electrons. The molecule has 4 rings (SSSR count). The van der Waals surface area contributed by atoms with Crippen LogP contribution >= 0.6 is 0 Å². The number of likely N-dealkylation sites (tertiary alicyclic amines) is 1. The van der Waals surface area contributed by atoms with E-state index in [0.29, 0.717) is 18.2 Å². The van der Waals surface area contributed by atoms with Gasteiger partial charge in [-0.2, -0.15) is 4.98 Å². The minimum Gasteiger partial charge on any atom is -0.497 e. The number of methoxy groups -OCH3 is 1. The highest BCUT2D eigenvalue weighted by atomic mass is 16.5. The standard InChI is InChI=1S/C21H27N5O3/c1-14-12-19(29-17-7-5-16(28-2)6-8-17)24-20(23-14)15-4-3-11-26(13-15)21(27)18-9-10-22-25-18/h5-8,12,15,18,22,25H,3-4,9-11,13H2,1-2H3. The Bertz CT molecular complexity index is 852. The van der Waals surface area contributed by atoms with Gasteiger partial charge in [0.05, 0.1) is 7.11 Å². The van der Waals surface area contributed by atoms with Crippen LogP contribution in [0.5, 0.6) is 17.4 Å². The number of nitrogens with zero attached hydrogens (tertiary/aromatic N) is 3. The number of carbonyl (C=O) groups is 1. The number of rotatable bonds is 5. The number of aryl methyl sites for hydroxylation is 1. The molecule has 2 atom stereocenters. The van der Waals surface area contributed by atoms with Crippen LogP contribution in [0.4, 0.5) is 0 Å². The molecule has 0 saturated carbocycles. The maximum Gasteiger partial charge on any atom is 0.241 e. The van der Waals surface area contributed by atoms with Crippen molar-refractivity contribution in [1.29, 1.82) is 0 Å². The molecule has 1 aromatic heterocycles. The number of amides is 1. The van der Waals surface area contributed by atoms with E-state index in [-0.39, 0.29) is 17.9 Å². The summed E-state index contributed by atoms with van der Waals surface area (Å²) in [7, 11) is 1.63. The van der Waals surface area contributed by atoms with Crippen LogP contribution < -0.4 is 20.3 Å². The Kier molecular flexibility index (Phi) is 5.92. The van der Waals surface area contributed by atoms with Gasteiger partial charge in [0, 0.05) is 37.3 Å². The number of aromatic nitrogens is 2. The second-order valence-electron chi connectivity index (χ2n) is 7.52. The van der Waals surface area contributed by atoms with Crippen molar-refractivity contribution in [2.45, 2.75) is 38.1 Å². The Balaban J connectivity index is 1.47. The average molecular weight is 397 g/mol. The van der Waals surface area contributed by atoms with Gasteiger partial charge < -0.3 is 14.4 Å². The van der Waals surface area contributed by atoms with Gasteiger partial charge in [0.15, 0.2) is 0 Å². The minimum absolute atomic E-state index is 0.111. The van der Waals surface area contributed by atoms with Gasteiger partial charge >= 0.3 is 0 Å². The molecule has 0 spiro atoms. The number of ether oxygens (including phenoxy) is 2. The number of hydrogen-bond acceptors (Lipinski definition) is 7. The van der Waals surface area contributed by atoms with Crippen LogP contribution in [0.3, 0.4) is 0 Å². The molecular weight excluding hydrogens is 370 g/mol. The van der Waals surface area contributed by atoms with E-state index >= 15 is 0 Å². The summed E-state index contributed by atoms with van der Waals surface area (Å²) in [5.74, 6) is 2.99. The van der Waals surface area contributed by atoms with E-state index in [9.17, 15) is 4.79 Å². The van der Waals surface area contributed by atoms with Crippen LogP contribution in [0, 0.1) is 6.92 Å². The molecule has 1 aromatic carbocycles. The molecule has 2 saturated heterocycles. The quantitative estimate of drug-likeness (QED) is 0.799. The third kappa shape index (κ3) is 4.65. The van der Waals surface area contributed by atoms with Crippen molar-refractivity contribution in [1.82, 2.24) is 25.7 Å². The molecule has 2 aliphatic rings. The van der Waals surface area contributed by atoms with Crippen molar-refractivity contribution in [3.63, 3.8) is 0 Å². The van der Waals surface area contributed by atoms with E-state index in [0.717, 1.165) is 49.6 Å². The largest absolute Gasteiger partial charge is 0.497 e. The lowest BCUT2D eigenvalue weighted by Gasteiger charge is -2.33. The SMILES string of the molecule is COc1ccc(Oc2cc(C)nc(C3CCCN(C(=O)C4CCNN4)C3)n2)cc1. The number of piperidine rings is 1. The summed E-state index contributed by atoms with van der Waals surface area (Å²) in [6.45, 7) is 4.18. The molecule has 8 nitrogen and oxygen atoms in total. The minimum atomic E-state index is -0.138. The lowest BCUT2D eigenvalue weighted by Crippen LogP contribution is -2.48. The lowest BCUT2D eigenvalue weighted by molar-refractivity contribution is -0.134. The van der Waals surface area contributed by atoms with Crippen molar-refractivity contribution in [3.8, 4) is 17.4 Å². The molecule has 29 heavy (non-hydrogen) atoms. The van der Waals surface area contributed by atoms with E-state index < -0.39 is 0 Å². The molecular formula is C21H27N5O3. The first kappa shape index (κ1) is 19.6. The molecule has 2 aromatic rings. The summed E-state index contributed by atoms with van der Waals surface area (Å²) in [6.07, 6.45) is 2.73. The third-order valence-corrected chi connectivity index (χ3v) is 5.36. The van der Waals surface area contributed by atoms with Crippen molar-refractivity contribution in [2.24, 2.45) is 0 Å². The number of hydrazine groups is 1. The normalized spacial score (nSPS) is 21.8. The van der Waals surface area contributed by atoms with Crippen LogP contribution in [0.25, 0.3) is 0 Å². The van der Waals surface area contributed by atoms with Crippen LogP contribution in [0.15, 0.2) is 30.3 Å². The van der Waals surface area contributed by atoms with Gasteiger partial charge in [0.1, 0.15) is 23.4 Å². The zero-order chi connectivity index (χ0) is 20.2. The summed E-state index contributed by atoms with van der Waals surface area (Å²) in [5, 5.41) is 0. The molecule has 1 amide bonds. The lowest BCUT2D eigenvalue weighted by atomic mass is 9.96. The van der Waals surface area contributed by atoms with Gasteiger partial charge in [-0.3, -0.25) is 10.2 Å². The average Bonchev–Trinajstić information content (AvgIpc) is 3.28. The maximum atomic E-state index is 12.8. The van der Waals surface area contributed by atoms with Crippen LogP contribution in [0.2, 0.25) is 0 Å². The van der Waals surface area contributed by atoms with Crippen LogP contribution in [-0.2, 0) is 4.79 Å². The first-order valence-corrected chi connectivity index (χ1v) is 10.1. The Morgan fingerprint density at radius 1 is 1.17 bits per heavy atom. The fourth-order valence-corrected chi connectivity index (χ4v) is 3.84. The predicted octanol–water partition coefficient (Wildman–Crippen LogP) is 2.16. The first-order chi connectivity index (χ1) is 14.1. The summed E-state index contributed by atoms with van der Waals surface area (Å²) in [6, 6.07) is 9.08. The highest BCUT2D eigenvalue weighted by molar-refractivity contribution is 5.82. The molecule has 0 bridgehead atoms. The van der Waals surface area contributed by atoms with Gasteiger partial charge in [-0.05, 0) is 50.5 Å². The van der Waals surface area contributed by atoms with E-state index in [1.807, 2.05) is 42.2 Å². The summed E-state index contributed by atoms with van der Waals surface area (Å²) < 4.78 is 11.1. The Hall–Kier alpha value is -2.71. The Morgan fingerprint density at radius 3 is 2.69 bits per heavy atom. The van der Waals surface area contributed by atoms with E-state index in [4.69, 9.17) is 9.47 Å². The second-order valence-corrected chi connectivity index (χ2v) is 7.52. The van der Waals surface area contributed by atoms with Crippen molar-refractivity contribution >= 4 is 5.91 Å². The molecule has 0 radical (unpaired) electrons. The van der Waals surface area contributed by atoms with Crippen molar-refractivity contribution < 1.29 is 14.3 Å². The number of nitrogens with one attached hydrogen (secondary N) is 2. The van der Waals surface area contributed by atoms with Gasteiger partial charge in [-0.15, -0.1) is 0 Å². The van der Waals surface area contributed by atoms with Gasteiger partial charge in [0.2, 0.25) is 11.8 Å². The number of carbonyl (C=O) groups excluding carboxylic acids is 1. The Morgan fingerprint density at radius 2 is 1.97 bits per heavy atom.